The topological polar surface area (TPSA) is 68.2 Å². The zero-order valence-electron chi connectivity index (χ0n) is 15.1. The highest BCUT2D eigenvalue weighted by Gasteiger charge is 2.20. The number of aryl methyl sites for hydroxylation is 1. The predicted octanol–water partition coefficient (Wildman–Crippen LogP) is 3.16. The van der Waals surface area contributed by atoms with E-state index in [4.69, 9.17) is 4.74 Å². The van der Waals surface area contributed by atoms with Gasteiger partial charge in [0.1, 0.15) is 23.4 Å². The van der Waals surface area contributed by atoms with Crippen LogP contribution in [0.1, 0.15) is 23.0 Å². The van der Waals surface area contributed by atoms with Gasteiger partial charge in [-0.3, -0.25) is 0 Å². The highest BCUT2D eigenvalue weighted by atomic mass is 19.1. The fourth-order valence-corrected chi connectivity index (χ4v) is 2.72. The van der Waals surface area contributed by atoms with Crippen molar-refractivity contribution in [3.05, 3.63) is 83.7 Å². The Morgan fingerprint density at radius 2 is 1.89 bits per heavy atom. The molecule has 0 saturated heterocycles. The van der Waals surface area contributed by atoms with E-state index in [2.05, 4.69) is 15.6 Å². The Kier molecular flexibility index (Phi) is 5.71. The smallest absolute Gasteiger partial charge is 0.315 e. The molecule has 3 rings (SSSR count). The standard InChI is InChI=1S/C20H21FN4O2/c1-25-12-11-22-19(25)18(15-5-9-17(27-2)10-6-15)24-20(26)23-13-14-3-7-16(21)8-4-14/h3-12,18H,13H2,1-2H3,(H2,23,24,26). The number of nitrogens with zero attached hydrogens (tertiary/aromatic N) is 2. The second-order valence-corrected chi connectivity index (χ2v) is 6.06. The van der Waals surface area contributed by atoms with Crippen molar-refractivity contribution in [1.29, 1.82) is 0 Å². The Morgan fingerprint density at radius 1 is 1.19 bits per heavy atom. The van der Waals surface area contributed by atoms with Gasteiger partial charge in [-0.2, -0.15) is 0 Å². The Balaban J connectivity index is 1.73. The molecule has 1 aromatic heterocycles. The van der Waals surface area contributed by atoms with Crippen molar-refractivity contribution in [1.82, 2.24) is 20.2 Å². The van der Waals surface area contributed by atoms with E-state index in [9.17, 15) is 9.18 Å². The van der Waals surface area contributed by atoms with Gasteiger partial charge in [0, 0.05) is 26.0 Å². The van der Waals surface area contributed by atoms with Gasteiger partial charge >= 0.3 is 6.03 Å². The van der Waals surface area contributed by atoms with Crippen LogP contribution < -0.4 is 15.4 Å². The van der Waals surface area contributed by atoms with Crippen molar-refractivity contribution in [3.63, 3.8) is 0 Å². The van der Waals surface area contributed by atoms with Crippen molar-refractivity contribution >= 4 is 6.03 Å². The zero-order valence-corrected chi connectivity index (χ0v) is 15.1. The lowest BCUT2D eigenvalue weighted by Crippen LogP contribution is -2.38. The lowest BCUT2D eigenvalue weighted by molar-refractivity contribution is 0.237. The largest absolute Gasteiger partial charge is 0.497 e. The van der Waals surface area contributed by atoms with Gasteiger partial charge in [-0.15, -0.1) is 0 Å². The van der Waals surface area contributed by atoms with Gasteiger partial charge in [0.05, 0.1) is 7.11 Å². The Morgan fingerprint density at radius 3 is 2.48 bits per heavy atom. The maximum atomic E-state index is 13.0. The number of nitrogens with one attached hydrogen (secondary N) is 2. The molecule has 0 spiro atoms. The maximum absolute atomic E-state index is 13.0. The minimum Gasteiger partial charge on any atom is -0.497 e. The summed E-state index contributed by atoms with van der Waals surface area (Å²) in [4.78, 5) is 16.8. The molecule has 0 aliphatic heterocycles. The number of carbonyl (C=O) groups is 1. The van der Waals surface area contributed by atoms with Crippen molar-refractivity contribution in [2.24, 2.45) is 7.05 Å². The molecule has 1 heterocycles. The quantitative estimate of drug-likeness (QED) is 0.702. The Labute approximate surface area is 157 Å². The zero-order chi connectivity index (χ0) is 19.2. The van der Waals surface area contributed by atoms with E-state index >= 15 is 0 Å². The average Bonchev–Trinajstić information content (AvgIpc) is 3.11. The molecular weight excluding hydrogens is 347 g/mol. The van der Waals surface area contributed by atoms with Crippen LogP contribution in [0.2, 0.25) is 0 Å². The number of methoxy groups -OCH3 is 1. The summed E-state index contributed by atoms with van der Waals surface area (Å²) in [5.74, 6) is 1.13. The summed E-state index contributed by atoms with van der Waals surface area (Å²) in [6, 6.07) is 12.7. The summed E-state index contributed by atoms with van der Waals surface area (Å²) < 4.78 is 20.0. The molecule has 2 N–H and O–H groups in total. The van der Waals surface area contributed by atoms with Crippen LogP contribution in [0.15, 0.2) is 60.9 Å². The van der Waals surface area contributed by atoms with E-state index < -0.39 is 6.04 Å². The fourth-order valence-electron chi connectivity index (χ4n) is 2.72. The monoisotopic (exact) mass is 368 g/mol. The van der Waals surface area contributed by atoms with Crippen LogP contribution in [-0.4, -0.2) is 22.7 Å². The third-order valence-corrected chi connectivity index (χ3v) is 4.21. The molecule has 0 aliphatic carbocycles. The summed E-state index contributed by atoms with van der Waals surface area (Å²) in [7, 11) is 3.48. The second kappa shape index (κ2) is 8.35. The van der Waals surface area contributed by atoms with Gasteiger partial charge < -0.3 is 19.9 Å². The number of urea groups is 1. The molecule has 6 nitrogen and oxygen atoms in total. The van der Waals surface area contributed by atoms with Gasteiger partial charge in [-0.05, 0) is 35.4 Å². The normalized spacial score (nSPS) is 11.7. The maximum Gasteiger partial charge on any atom is 0.315 e. The summed E-state index contributed by atoms with van der Waals surface area (Å²) in [5, 5.41) is 5.74. The minimum atomic E-state index is -0.427. The molecule has 0 saturated carbocycles. The van der Waals surface area contributed by atoms with E-state index in [1.54, 1.807) is 25.4 Å². The molecule has 0 aliphatic rings. The second-order valence-electron chi connectivity index (χ2n) is 6.06. The van der Waals surface area contributed by atoms with E-state index in [1.165, 1.54) is 12.1 Å². The Bertz CT molecular complexity index is 891. The molecule has 7 heteroatoms. The number of ether oxygens (including phenoxy) is 1. The van der Waals surface area contributed by atoms with E-state index in [1.807, 2.05) is 42.1 Å². The molecule has 1 atom stereocenters. The first kappa shape index (κ1) is 18.4. The van der Waals surface area contributed by atoms with Crippen molar-refractivity contribution in [2.75, 3.05) is 7.11 Å². The molecular formula is C20H21FN4O2. The minimum absolute atomic E-state index is 0.294. The molecule has 27 heavy (non-hydrogen) atoms. The van der Waals surface area contributed by atoms with Crippen LogP contribution in [0.4, 0.5) is 9.18 Å². The summed E-state index contributed by atoms with van der Waals surface area (Å²) >= 11 is 0. The van der Waals surface area contributed by atoms with Crippen LogP contribution in [0, 0.1) is 5.82 Å². The average molecular weight is 368 g/mol. The molecule has 0 bridgehead atoms. The summed E-state index contributed by atoms with van der Waals surface area (Å²) in [6.07, 6.45) is 3.51. The number of amides is 2. The van der Waals surface area contributed by atoms with Gasteiger partial charge in [0.2, 0.25) is 0 Å². The third-order valence-electron chi connectivity index (χ3n) is 4.21. The van der Waals surface area contributed by atoms with Crippen LogP contribution in [0.5, 0.6) is 5.75 Å². The van der Waals surface area contributed by atoms with Crippen molar-refractivity contribution < 1.29 is 13.9 Å². The predicted molar refractivity (Wildman–Crippen MR) is 99.8 cm³/mol. The van der Waals surface area contributed by atoms with E-state index in [0.717, 1.165) is 16.9 Å². The lowest BCUT2D eigenvalue weighted by atomic mass is 10.1. The third kappa shape index (κ3) is 4.63. The molecule has 3 aromatic rings. The van der Waals surface area contributed by atoms with Gasteiger partial charge in [0.25, 0.3) is 0 Å². The number of halogens is 1. The number of aromatic nitrogens is 2. The van der Waals surface area contributed by atoms with Gasteiger partial charge in [0.15, 0.2) is 0 Å². The molecule has 2 aromatic carbocycles. The van der Waals surface area contributed by atoms with Gasteiger partial charge in [-0.25, -0.2) is 14.2 Å². The van der Waals surface area contributed by atoms with Crippen LogP contribution in [0.25, 0.3) is 0 Å². The number of benzene rings is 2. The molecule has 0 radical (unpaired) electrons. The number of hydrogen-bond acceptors (Lipinski definition) is 3. The molecule has 140 valence electrons. The first-order chi connectivity index (χ1) is 13.1. The van der Waals surface area contributed by atoms with Crippen LogP contribution in [0.3, 0.4) is 0 Å². The first-order valence-electron chi connectivity index (χ1n) is 8.47. The summed E-state index contributed by atoms with van der Waals surface area (Å²) in [6.45, 7) is 0.294. The number of carbonyl (C=O) groups excluding carboxylic acids is 1. The molecule has 0 fully saturated rings. The van der Waals surface area contributed by atoms with E-state index in [-0.39, 0.29) is 11.8 Å². The SMILES string of the molecule is COc1ccc(C(NC(=O)NCc2ccc(F)cc2)c2nccn2C)cc1. The van der Waals surface area contributed by atoms with Crippen LogP contribution >= 0.6 is 0 Å². The first-order valence-corrected chi connectivity index (χ1v) is 8.47. The van der Waals surface area contributed by atoms with Crippen LogP contribution in [-0.2, 0) is 13.6 Å². The fraction of sp³-hybridized carbons (Fsp3) is 0.200. The number of hydrogen-bond donors (Lipinski definition) is 2. The number of imidazole rings is 1. The molecule has 1 unspecified atom stereocenters. The highest BCUT2D eigenvalue weighted by molar-refractivity contribution is 5.74. The van der Waals surface area contributed by atoms with Crippen molar-refractivity contribution in [3.8, 4) is 5.75 Å². The van der Waals surface area contributed by atoms with Crippen molar-refractivity contribution in [2.45, 2.75) is 12.6 Å². The van der Waals surface area contributed by atoms with E-state index in [0.29, 0.717) is 12.4 Å². The summed E-state index contributed by atoms with van der Waals surface area (Å²) in [5.41, 5.74) is 1.69. The Hall–Kier alpha value is -3.35. The number of rotatable bonds is 6. The molecule has 2 amide bonds. The highest BCUT2D eigenvalue weighted by Crippen LogP contribution is 2.22. The lowest BCUT2D eigenvalue weighted by Gasteiger charge is -2.20. The van der Waals surface area contributed by atoms with Gasteiger partial charge in [-0.1, -0.05) is 24.3 Å².